The summed E-state index contributed by atoms with van der Waals surface area (Å²) < 4.78 is 5.67. The number of hydrogen-bond acceptors (Lipinski definition) is 2. The van der Waals surface area contributed by atoms with E-state index in [0.717, 1.165) is 13.0 Å². The second-order valence-corrected chi connectivity index (χ2v) is 4.48. The van der Waals surface area contributed by atoms with Crippen molar-refractivity contribution in [2.75, 3.05) is 13.7 Å². The van der Waals surface area contributed by atoms with Gasteiger partial charge in [0.2, 0.25) is 0 Å². The maximum absolute atomic E-state index is 5.67. The Hall–Kier alpha value is -0.0800. The molecule has 0 aliphatic rings. The third-order valence-corrected chi connectivity index (χ3v) is 3.45. The third-order valence-electron chi connectivity index (χ3n) is 3.45. The van der Waals surface area contributed by atoms with Crippen molar-refractivity contribution >= 4 is 0 Å². The van der Waals surface area contributed by atoms with Crippen LogP contribution in [0.15, 0.2) is 0 Å². The van der Waals surface area contributed by atoms with Crippen LogP contribution < -0.4 is 5.32 Å². The van der Waals surface area contributed by atoms with E-state index < -0.39 is 0 Å². The summed E-state index contributed by atoms with van der Waals surface area (Å²) in [7, 11) is 1.83. The van der Waals surface area contributed by atoms with Gasteiger partial charge in [0, 0.05) is 13.2 Å². The minimum atomic E-state index is -0.0102. The molecule has 92 valence electrons. The summed E-state index contributed by atoms with van der Waals surface area (Å²) in [6.45, 7) is 9.85. The molecule has 0 aromatic carbocycles. The van der Waals surface area contributed by atoms with Crippen LogP contribution in [0.3, 0.4) is 0 Å². The summed E-state index contributed by atoms with van der Waals surface area (Å²) in [5.41, 5.74) is -0.0102. The molecule has 0 spiro atoms. The summed E-state index contributed by atoms with van der Waals surface area (Å²) in [6.07, 6.45) is 6.19. The van der Waals surface area contributed by atoms with E-state index in [1.807, 2.05) is 7.11 Å². The van der Waals surface area contributed by atoms with E-state index in [1.165, 1.54) is 25.7 Å². The van der Waals surface area contributed by atoms with E-state index in [-0.39, 0.29) is 5.60 Å². The zero-order valence-corrected chi connectivity index (χ0v) is 11.2. The Bertz CT molecular complexity index is 143. The fraction of sp³-hybridized carbons (Fsp3) is 1.00. The topological polar surface area (TPSA) is 21.3 Å². The highest BCUT2D eigenvalue weighted by atomic mass is 16.5. The summed E-state index contributed by atoms with van der Waals surface area (Å²) >= 11 is 0. The molecule has 0 saturated heterocycles. The van der Waals surface area contributed by atoms with Crippen molar-refractivity contribution in [1.82, 2.24) is 5.32 Å². The molecule has 0 amide bonds. The minimum Gasteiger partial charge on any atom is -0.377 e. The highest BCUT2D eigenvalue weighted by molar-refractivity contribution is 4.87. The molecule has 0 rings (SSSR count). The van der Waals surface area contributed by atoms with Crippen LogP contribution in [0.4, 0.5) is 0 Å². The van der Waals surface area contributed by atoms with Crippen molar-refractivity contribution in [3.63, 3.8) is 0 Å². The Balaban J connectivity index is 4.21. The second-order valence-electron chi connectivity index (χ2n) is 4.48. The number of unbranched alkanes of at least 4 members (excludes halogenated alkanes) is 2. The largest absolute Gasteiger partial charge is 0.377 e. The van der Waals surface area contributed by atoms with Gasteiger partial charge in [0.25, 0.3) is 0 Å². The molecule has 0 aromatic heterocycles. The van der Waals surface area contributed by atoms with E-state index in [9.17, 15) is 0 Å². The van der Waals surface area contributed by atoms with Crippen LogP contribution in [0.25, 0.3) is 0 Å². The SMILES string of the molecule is CCCCCC(NCC)C(C)(CC)OC. The lowest BCUT2D eigenvalue weighted by atomic mass is 9.89. The maximum Gasteiger partial charge on any atom is 0.0800 e. The minimum absolute atomic E-state index is 0.0102. The number of nitrogens with one attached hydrogen (secondary N) is 1. The van der Waals surface area contributed by atoms with Gasteiger partial charge in [-0.05, 0) is 26.3 Å². The quantitative estimate of drug-likeness (QED) is 0.595. The average Bonchev–Trinajstić information content (AvgIpc) is 2.27. The van der Waals surface area contributed by atoms with Gasteiger partial charge in [-0.15, -0.1) is 0 Å². The second kappa shape index (κ2) is 8.12. The molecule has 0 aliphatic carbocycles. The van der Waals surface area contributed by atoms with E-state index >= 15 is 0 Å². The molecule has 0 bridgehead atoms. The van der Waals surface area contributed by atoms with Crippen molar-refractivity contribution in [2.45, 2.75) is 71.4 Å². The van der Waals surface area contributed by atoms with Gasteiger partial charge in [-0.25, -0.2) is 0 Å². The van der Waals surface area contributed by atoms with Crippen molar-refractivity contribution in [1.29, 1.82) is 0 Å². The number of ether oxygens (including phenoxy) is 1. The monoisotopic (exact) mass is 215 g/mol. The van der Waals surface area contributed by atoms with Crippen LogP contribution in [0.2, 0.25) is 0 Å². The summed E-state index contributed by atoms with van der Waals surface area (Å²) in [6, 6.07) is 0.490. The van der Waals surface area contributed by atoms with E-state index in [2.05, 4.69) is 33.0 Å². The predicted octanol–water partition coefficient (Wildman–Crippen LogP) is 3.36. The maximum atomic E-state index is 5.67. The van der Waals surface area contributed by atoms with Crippen molar-refractivity contribution in [3.8, 4) is 0 Å². The zero-order valence-electron chi connectivity index (χ0n) is 11.2. The first kappa shape index (κ1) is 14.9. The lowest BCUT2D eigenvalue weighted by Crippen LogP contribution is -2.49. The van der Waals surface area contributed by atoms with Crippen LogP contribution in [0.5, 0.6) is 0 Å². The average molecular weight is 215 g/mol. The highest BCUT2D eigenvalue weighted by Crippen LogP contribution is 2.23. The van der Waals surface area contributed by atoms with Gasteiger partial charge in [0.15, 0.2) is 0 Å². The Labute approximate surface area is 95.8 Å². The molecule has 0 saturated carbocycles. The molecule has 0 radical (unpaired) electrons. The van der Waals surface area contributed by atoms with Gasteiger partial charge < -0.3 is 10.1 Å². The van der Waals surface area contributed by atoms with Crippen molar-refractivity contribution in [3.05, 3.63) is 0 Å². The van der Waals surface area contributed by atoms with Gasteiger partial charge in [-0.3, -0.25) is 0 Å². The molecule has 15 heavy (non-hydrogen) atoms. The normalized spacial score (nSPS) is 17.4. The Morgan fingerprint density at radius 1 is 1.20 bits per heavy atom. The van der Waals surface area contributed by atoms with Crippen LogP contribution >= 0.6 is 0 Å². The van der Waals surface area contributed by atoms with E-state index in [0.29, 0.717) is 6.04 Å². The molecular formula is C13H29NO. The zero-order chi connectivity index (χ0) is 11.7. The lowest BCUT2D eigenvalue weighted by Gasteiger charge is -2.36. The van der Waals surface area contributed by atoms with Crippen molar-refractivity contribution in [2.24, 2.45) is 0 Å². The highest BCUT2D eigenvalue weighted by Gasteiger charge is 2.31. The molecular weight excluding hydrogens is 186 g/mol. The summed E-state index contributed by atoms with van der Waals surface area (Å²) in [5, 5.41) is 3.56. The lowest BCUT2D eigenvalue weighted by molar-refractivity contribution is -0.0312. The van der Waals surface area contributed by atoms with Crippen LogP contribution in [0.1, 0.15) is 59.8 Å². The molecule has 0 aromatic rings. The standard InChI is InChI=1S/C13H29NO/c1-6-9-10-11-12(14-8-3)13(4,7-2)15-5/h12,14H,6-11H2,1-5H3. The number of rotatable bonds is 9. The van der Waals surface area contributed by atoms with Crippen molar-refractivity contribution < 1.29 is 4.74 Å². The fourth-order valence-electron chi connectivity index (χ4n) is 2.00. The van der Waals surface area contributed by atoms with Gasteiger partial charge in [0.05, 0.1) is 5.60 Å². The van der Waals surface area contributed by atoms with Crippen LogP contribution in [-0.2, 0) is 4.74 Å². The number of methoxy groups -OCH3 is 1. The van der Waals surface area contributed by atoms with E-state index in [4.69, 9.17) is 4.74 Å². The third kappa shape index (κ3) is 4.98. The Morgan fingerprint density at radius 2 is 1.87 bits per heavy atom. The Kier molecular flexibility index (Phi) is 8.07. The van der Waals surface area contributed by atoms with Gasteiger partial charge in [0.1, 0.15) is 0 Å². The number of likely N-dealkylation sites (N-methyl/N-ethyl adjacent to an activating group) is 1. The first-order valence-electron chi connectivity index (χ1n) is 6.43. The van der Waals surface area contributed by atoms with Gasteiger partial charge >= 0.3 is 0 Å². The molecule has 0 heterocycles. The fourth-order valence-corrected chi connectivity index (χ4v) is 2.00. The number of hydrogen-bond donors (Lipinski definition) is 1. The van der Waals surface area contributed by atoms with E-state index in [1.54, 1.807) is 0 Å². The van der Waals surface area contributed by atoms with Gasteiger partial charge in [-0.1, -0.05) is 40.0 Å². The molecule has 0 fully saturated rings. The molecule has 2 heteroatoms. The van der Waals surface area contributed by atoms with Gasteiger partial charge in [-0.2, -0.15) is 0 Å². The summed E-state index contributed by atoms with van der Waals surface area (Å²) in [4.78, 5) is 0. The smallest absolute Gasteiger partial charge is 0.0800 e. The van der Waals surface area contributed by atoms with Crippen LogP contribution in [0, 0.1) is 0 Å². The molecule has 1 N–H and O–H groups in total. The molecule has 0 aliphatic heterocycles. The first-order valence-corrected chi connectivity index (χ1v) is 6.43. The molecule has 2 atom stereocenters. The first-order chi connectivity index (χ1) is 7.14. The summed E-state index contributed by atoms with van der Waals surface area (Å²) in [5.74, 6) is 0. The predicted molar refractivity (Wildman–Crippen MR) is 67.3 cm³/mol. The Morgan fingerprint density at radius 3 is 2.27 bits per heavy atom. The molecule has 2 unspecified atom stereocenters. The molecule has 2 nitrogen and oxygen atoms in total. The van der Waals surface area contributed by atoms with Crippen LogP contribution in [-0.4, -0.2) is 25.3 Å².